The number of rotatable bonds is 9. The Morgan fingerprint density at radius 1 is 0.871 bits per heavy atom. The second kappa shape index (κ2) is 11.1. The van der Waals surface area contributed by atoms with Crippen molar-refractivity contribution in [3.05, 3.63) is 87.9 Å². The first-order valence-corrected chi connectivity index (χ1v) is 11.8. The predicted molar refractivity (Wildman–Crippen MR) is 129 cm³/mol. The van der Waals surface area contributed by atoms with Gasteiger partial charge in [0.15, 0.2) is 0 Å². The van der Waals surface area contributed by atoms with E-state index in [2.05, 4.69) is 44.0 Å². The van der Waals surface area contributed by atoms with Gasteiger partial charge in [-0.05, 0) is 54.7 Å². The first-order chi connectivity index (χ1) is 15.2. The van der Waals surface area contributed by atoms with Crippen LogP contribution in [0.4, 0.5) is 0 Å². The highest BCUT2D eigenvalue weighted by atomic mass is 35.5. The van der Waals surface area contributed by atoms with Crippen molar-refractivity contribution in [3.63, 3.8) is 0 Å². The van der Waals surface area contributed by atoms with E-state index in [1.165, 1.54) is 36.1 Å². The average molecular weight is 457 g/mol. The van der Waals surface area contributed by atoms with Crippen LogP contribution < -0.4 is 0 Å². The molecule has 4 rings (SSSR count). The molecule has 31 heavy (non-hydrogen) atoms. The molecule has 4 nitrogen and oxygen atoms in total. The molecule has 1 aromatic heterocycles. The molecule has 1 fully saturated rings. The molecule has 0 bridgehead atoms. The third kappa shape index (κ3) is 6.81. The second-order valence-electron chi connectivity index (χ2n) is 8.43. The van der Waals surface area contributed by atoms with E-state index in [-0.39, 0.29) is 0 Å². The molecule has 0 radical (unpaired) electrons. The predicted octanol–water partition coefficient (Wildman–Crippen LogP) is 5.82. The number of piperazine rings is 1. The van der Waals surface area contributed by atoms with Crippen LogP contribution in [0.15, 0.2) is 61.1 Å². The number of aryl methyl sites for hydroxylation is 1. The summed E-state index contributed by atoms with van der Waals surface area (Å²) in [6, 6.07) is 17.1. The Morgan fingerprint density at radius 3 is 2.19 bits per heavy atom. The van der Waals surface area contributed by atoms with Crippen molar-refractivity contribution >= 4 is 23.2 Å². The Labute approximate surface area is 195 Å². The van der Waals surface area contributed by atoms with Crippen LogP contribution in [0, 0.1) is 0 Å². The molecule has 2 heterocycles. The summed E-state index contributed by atoms with van der Waals surface area (Å²) in [5, 5.41) is 1.60. The van der Waals surface area contributed by atoms with Gasteiger partial charge in [0.2, 0.25) is 0 Å². The molecule has 1 aliphatic rings. The van der Waals surface area contributed by atoms with Gasteiger partial charge in [0.05, 0.1) is 6.33 Å². The maximum Gasteiger partial charge on any atom is 0.0921 e. The normalized spacial score (nSPS) is 17.8. The summed E-state index contributed by atoms with van der Waals surface area (Å²) in [5.74, 6) is 0. The molecule has 1 saturated heterocycles. The van der Waals surface area contributed by atoms with Gasteiger partial charge in [0.25, 0.3) is 0 Å². The Kier molecular flexibility index (Phi) is 8.03. The molecule has 1 aliphatic heterocycles. The molecule has 2 aromatic carbocycles. The molecule has 0 amide bonds. The molecule has 164 valence electrons. The lowest BCUT2D eigenvalue weighted by Gasteiger charge is -2.42. The zero-order valence-electron chi connectivity index (χ0n) is 17.8. The van der Waals surface area contributed by atoms with E-state index < -0.39 is 0 Å². The van der Waals surface area contributed by atoms with Crippen LogP contribution in [-0.4, -0.2) is 45.4 Å². The molecule has 0 spiro atoms. The monoisotopic (exact) mass is 456 g/mol. The van der Waals surface area contributed by atoms with Gasteiger partial charge in [-0.3, -0.25) is 9.80 Å². The third-order valence-corrected chi connectivity index (χ3v) is 6.60. The van der Waals surface area contributed by atoms with Gasteiger partial charge in [-0.2, -0.15) is 0 Å². The molecule has 0 aliphatic carbocycles. The summed E-state index contributed by atoms with van der Waals surface area (Å²) >= 11 is 12.1. The van der Waals surface area contributed by atoms with E-state index >= 15 is 0 Å². The van der Waals surface area contributed by atoms with Crippen molar-refractivity contribution in [3.8, 4) is 0 Å². The van der Waals surface area contributed by atoms with Crippen molar-refractivity contribution in [2.24, 2.45) is 0 Å². The van der Waals surface area contributed by atoms with Crippen LogP contribution in [-0.2, 0) is 19.5 Å². The number of halogens is 2. The highest BCUT2D eigenvalue weighted by molar-refractivity contribution is 6.30. The van der Waals surface area contributed by atoms with Crippen LogP contribution in [0.5, 0.6) is 0 Å². The van der Waals surface area contributed by atoms with Crippen LogP contribution in [0.25, 0.3) is 0 Å². The number of nitrogens with zero attached hydrogens (tertiary/aromatic N) is 3. The lowest BCUT2D eigenvalue weighted by atomic mass is 10.0. The lowest BCUT2D eigenvalue weighted by molar-refractivity contribution is 0.0582. The number of hydrogen-bond donors (Lipinski definition) is 1. The molecular weight excluding hydrogens is 427 g/mol. The molecule has 1 atom stereocenters. The second-order valence-corrected chi connectivity index (χ2v) is 9.31. The Morgan fingerprint density at radius 2 is 1.55 bits per heavy atom. The summed E-state index contributed by atoms with van der Waals surface area (Å²) in [6.45, 7) is 5.23. The highest BCUT2D eigenvalue weighted by Crippen LogP contribution is 2.22. The van der Waals surface area contributed by atoms with Gasteiger partial charge in [-0.15, -0.1) is 0 Å². The molecule has 3 aromatic rings. The minimum atomic E-state index is 0.554. The Bertz CT molecular complexity index is 910. The number of imidazole rings is 1. The van der Waals surface area contributed by atoms with Crippen molar-refractivity contribution in [2.75, 3.05) is 19.6 Å². The van der Waals surface area contributed by atoms with E-state index in [1.54, 1.807) is 6.33 Å². The minimum absolute atomic E-state index is 0.554. The van der Waals surface area contributed by atoms with Crippen molar-refractivity contribution < 1.29 is 0 Å². The summed E-state index contributed by atoms with van der Waals surface area (Å²) in [7, 11) is 0. The van der Waals surface area contributed by atoms with Crippen molar-refractivity contribution in [1.82, 2.24) is 19.8 Å². The zero-order valence-corrected chi connectivity index (χ0v) is 19.3. The molecular formula is C25H30Cl2N4. The van der Waals surface area contributed by atoms with E-state index in [4.69, 9.17) is 23.2 Å². The average Bonchev–Trinajstić information content (AvgIpc) is 3.29. The summed E-state index contributed by atoms with van der Waals surface area (Å²) in [5.41, 5.74) is 3.89. The number of nitrogens with one attached hydrogen (secondary N) is 1. The van der Waals surface area contributed by atoms with Gasteiger partial charge < -0.3 is 4.98 Å². The lowest BCUT2D eigenvalue weighted by Crippen LogP contribution is -2.52. The number of aromatic amines is 1. The number of hydrogen-bond acceptors (Lipinski definition) is 3. The van der Waals surface area contributed by atoms with Crippen LogP contribution in [0.1, 0.15) is 36.1 Å². The van der Waals surface area contributed by atoms with Crippen molar-refractivity contribution in [1.29, 1.82) is 0 Å². The number of unbranched alkanes of at least 4 members (excludes halogenated alkanes) is 1. The fraction of sp³-hybridized carbons (Fsp3) is 0.400. The molecule has 1 unspecified atom stereocenters. The summed E-state index contributed by atoms with van der Waals surface area (Å²) in [6.07, 6.45) is 8.37. The topological polar surface area (TPSA) is 35.2 Å². The van der Waals surface area contributed by atoms with E-state index in [1.807, 2.05) is 30.5 Å². The highest BCUT2D eigenvalue weighted by Gasteiger charge is 2.26. The van der Waals surface area contributed by atoms with E-state index in [9.17, 15) is 0 Å². The standard InChI is InChI=1S/C25H30Cl2N4/c26-22-9-5-20(6-10-22)16-30-13-14-31(17-21-7-11-23(27)12-8-21)25(18-30)4-2-1-3-24-15-28-19-29-24/h5-12,15,19,25H,1-4,13-14,16-18H2,(H,28,29). The van der Waals surface area contributed by atoms with Gasteiger partial charge in [0, 0.05) is 60.7 Å². The van der Waals surface area contributed by atoms with Crippen LogP contribution in [0.3, 0.4) is 0 Å². The summed E-state index contributed by atoms with van der Waals surface area (Å²) in [4.78, 5) is 12.6. The maximum atomic E-state index is 6.08. The molecule has 6 heteroatoms. The van der Waals surface area contributed by atoms with Crippen molar-refractivity contribution in [2.45, 2.75) is 44.8 Å². The van der Waals surface area contributed by atoms with Gasteiger partial charge >= 0.3 is 0 Å². The first-order valence-electron chi connectivity index (χ1n) is 11.1. The summed E-state index contributed by atoms with van der Waals surface area (Å²) < 4.78 is 0. The van der Waals surface area contributed by atoms with Gasteiger partial charge in [-0.1, -0.05) is 53.9 Å². The van der Waals surface area contributed by atoms with Crippen LogP contribution >= 0.6 is 23.2 Å². The largest absolute Gasteiger partial charge is 0.348 e. The quantitative estimate of drug-likeness (QED) is 0.412. The zero-order chi connectivity index (χ0) is 21.5. The SMILES string of the molecule is Clc1ccc(CN2CCN(Cc3ccc(Cl)cc3)C(CCCCc3cnc[nH]3)C2)cc1. The Balaban J connectivity index is 1.36. The molecule has 1 N–H and O–H groups in total. The Hall–Kier alpha value is -1.85. The fourth-order valence-corrected chi connectivity index (χ4v) is 4.62. The van der Waals surface area contributed by atoms with Gasteiger partial charge in [0.1, 0.15) is 0 Å². The third-order valence-electron chi connectivity index (χ3n) is 6.10. The number of H-pyrrole nitrogens is 1. The number of aromatic nitrogens is 2. The minimum Gasteiger partial charge on any atom is -0.348 e. The number of benzene rings is 2. The smallest absolute Gasteiger partial charge is 0.0921 e. The maximum absolute atomic E-state index is 6.08. The van der Waals surface area contributed by atoms with Gasteiger partial charge in [-0.25, -0.2) is 4.98 Å². The van der Waals surface area contributed by atoms with E-state index in [0.717, 1.165) is 49.2 Å². The molecule has 0 saturated carbocycles. The van der Waals surface area contributed by atoms with Crippen LogP contribution in [0.2, 0.25) is 10.0 Å². The first kappa shape index (κ1) is 22.3. The fourth-order valence-electron chi connectivity index (χ4n) is 4.37. The van der Waals surface area contributed by atoms with E-state index in [0.29, 0.717) is 6.04 Å².